The predicted molar refractivity (Wildman–Crippen MR) is 107 cm³/mol. The molecule has 1 aromatic heterocycles. The van der Waals surface area contributed by atoms with Crippen molar-refractivity contribution >= 4 is 28.9 Å². The van der Waals surface area contributed by atoms with Crippen LogP contribution < -0.4 is 10.1 Å². The number of aryl methyl sites for hydroxylation is 1. The topological polar surface area (TPSA) is 75.6 Å². The summed E-state index contributed by atoms with van der Waals surface area (Å²) in [6, 6.07) is 4.28. The standard InChI is InChI=1S/C21H15F4NO4S/c1-8-9(2)31-19(21(28)29)12(8)20(27)26-18-16(24)14(22)13(15(23)17(18)25)10-5-4-6-11(7-10)30-3/h4-7H,1-3H3,(H,26,27)(H,28,29)/i3D3. The van der Waals surface area contributed by atoms with E-state index in [2.05, 4.69) is 4.74 Å². The summed E-state index contributed by atoms with van der Waals surface area (Å²) in [6.07, 6.45) is 0. The van der Waals surface area contributed by atoms with Crippen LogP contribution in [0.5, 0.6) is 5.75 Å². The maximum absolute atomic E-state index is 14.8. The average Bonchev–Trinajstić information content (AvgIpc) is 3.04. The van der Waals surface area contributed by atoms with Crippen LogP contribution in [0.1, 0.15) is 34.6 Å². The minimum absolute atomic E-state index is 0.226. The zero-order chi connectivity index (χ0) is 25.5. The third-order valence-corrected chi connectivity index (χ3v) is 5.74. The van der Waals surface area contributed by atoms with E-state index in [1.165, 1.54) is 13.8 Å². The molecule has 0 bridgehead atoms. The molecule has 0 unspecified atom stereocenters. The van der Waals surface area contributed by atoms with Gasteiger partial charge in [-0.25, -0.2) is 22.4 Å². The van der Waals surface area contributed by atoms with Crippen molar-refractivity contribution in [3.8, 4) is 16.9 Å². The van der Waals surface area contributed by atoms with Gasteiger partial charge in [0.05, 0.1) is 22.3 Å². The average molecular weight is 456 g/mol. The lowest BCUT2D eigenvalue weighted by molar-refractivity contribution is 0.0698. The molecule has 0 fully saturated rings. The van der Waals surface area contributed by atoms with E-state index in [1.54, 1.807) is 5.32 Å². The quantitative estimate of drug-likeness (QED) is 0.390. The molecule has 0 aliphatic carbocycles. The van der Waals surface area contributed by atoms with Crippen LogP contribution in [0, 0.1) is 37.1 Å². The molecule has 1 amide bonds. The Morgan fingerprint density at radius 1 is 1.10 bits per heavy atom. The normalized spacial score (nSPS) is 12.6. The van der Waals surface area contributed by atoms with E-state index < -0.39 is 69.4 Å². The Morgan fingerprint density at radius 3 is 2.32 bits per heavy atom. The van der Waals surface area contributed by atoms with Crippen LogP contribution >= 0.6 is 11.3 Å². The monoisotopic (exact) mass is 456 g/mol. The van der Waals surface area contributed by atoms with Gasteiger partial charge in [-0.15, -0.1) is 11.3 Å². The molecule has 3 aromatic rings. The Morgan fingerprint density at radius 2 is 1.74 bits per heavy atom. The van der Waals surface area contributed by atoms with Crippen molar-refractivity contribution in [1.82, 2.24) is 0 Å². The second-order valence-electron chi connectivity index (χ2n) is 6.38. The molecule has 0 aliphatic heterocycles. The number of carbonyl (C=O) groups is 2. The largest absolute Gasteiger partial charge is 0.497 e. The highest BCUT2D eigenvalue weighted by atomic mass is 32.1. The molecule has 0 spiro atoms. The molecular weight excluding hydrogens is 438 g/mol. The van der Waals surface area contributed by atoms with Crippen LogP contribution in [0.15, 0.2) is 24.3 Å². The molecule has 0 saturated carbocycles. The first-order valence-electron chi connectivity index (χ1n) is 10.0. The zero-order valence-corrected chi connectivity index (χ0v) is 16.7. The number of methoxy groups -OCH3 is 1. The maximum Gasteiger partial charge on any atom is 0.346 e. The van der Waals surface area contributed by atoms with E-state index in [1.807, 2.05) is 0 Å². The van der Waals surface area contributed by atoms with Gasteiger partial charge in [-0.05, 0) is 37.1 Å². The van der Waals surface area contributed by atoms with Gasteiger partial charge >= 0.3 is 5.97 Å². The number of hydrogen-bond acceptors (Lipinski definition) is 4. The molecule has 162 valence electrons. The van der Waals surface area contributed by atoms with Crippen LogP contribution in [-0.2, 0) is 0 Å². The second kappa shape index (κ2) is 8.38. The number of aromatic carboxylic acids is 1. The minimum atomic E-state index is -2.88. The summed E-state index contributed by atoms with van der Waals surface area (Å²) >= 11 is 0.760. The number of anilines is 1. The summed E-state index contributed by atoms with van der Waals surface area (Å²) in [4.78, 5) is 24.1. The Kier molecular flexibility index (Phi) is 4.97. The molecule has 5 nitrogen and oxygen atoms in total. The number of thiophene rings is 1. The van der Waals surface area contributed by atoms with Crippen LogP contribution in [0.3, 0.4) is 0 Å². The lowest BCUT2D eigenvalue weighted by atomic mass is 10.0. The minimum Gasteiger partial charge on any atom is -0.497 e. The Bertz CT molecular complexity index is 1300. The van der Waals surface area contributed by atoms with E-state index in [0.717, 1.165) is 35.6 Å². The number of halogens is 4. The number of carboxylic acids is 1. The lowest BCUT2D eigenvalue weighted by Gasteiger charge is -2.14. The molecule has 0 radical (unpaired) electrons. The Balaban J connectivity index is 2.07. The lowest BCUT2D eigenvalue weighted by Crippen LogP contribution is -2.19. The Labute approximate surface area is 182 Å². The summed E-state index contributed by atoms with van der Waals surface area (Å²) in [5.41, 5.74) is -3.20. The van der Waals surface area contributed by atoms with E-state index in [4.69, 9.17) is 4.11 Å². The molecule has 0 atom stereocenters. The molecule has 0 saturated heterocycles. The van der Waals surface area contributed by atoms with Crippen LogP contribution in [-0.4, -0.2) is 24.0 Å². The van der Waals surface area contributed by atoms with Crippen molar-refractivity contribution in [3.63, 3.8) is 0 Å². The fourth-order valence-electron chi connectivity index (χ4n) is 2.94. The fraction of sp³-hybridized carbons (Fsp3) is 0.143. The number of rotatable bonds is 5. The van der Waals surface area contributed by atoms with Crippen molar-refractivity contribution < 1.29 is 41.1 Å². The van der Waals surface area contributed by atoms with Crippen molar-refractivity contribution in [2.75, 3.05) is 12.4 Å². The molecule has 2 N–H and O–H groups in total. The van der Waals surface area contributed by atoms with Gasteiger partial charge in [-0.1, -0.05) is 12.1 Å². The van der Waals surface area contributed by atoms with Gasteiger partial charge in [0, 0.05) is 4.88 Å². The third kappa shape index (κ3) is 3.86. The van der Waals surface area contributed by atoms with Crippen LogP contribution in [0.25, 0.3) is 11.1 Å². The molecular formula is C21H15F4NO4S. The predicted octanol–water partition coefficient (Wildman–Crippen LogP) is 5.55. The highest BCUT2D eigenvalue weighted by Crippen LogP contribution is 2.36. The number of carbonyl (C=O) groups excluding carboxylic acids is 1. The maximum atomic E-state index is 14.8. The van der Waals surface area contributed by atoms with Gasteiger partial charge in [0.15, 0.2) is 23.3 Å². The van der Waals surface area contributed by atoms with Gasteiger partial charge < -0.3 is 15.2 Å². The molecule has 31 heavy (non-hydrogen) atoms. The first-order chi connectivity index (χ1) is 15.7. The zero-order valence-electron chi connectivity index (χ0n) is 18.9. The summed E-state index contributed by atoms with van der Waals surface area (Å²) < 4.78 is 85.1. The number of amides is 1. The van der Waals surface area contributed by atoms with Gasteiger partial charge in [0.1, 0.15) is 16.3 Å². The van der Waals surface area contributed by atoms with Gasteiger partial charge in [0.25, 0.3) is 5.91 Å². The molecule has 0 aliphatic rings. The molecule has 10 heteroatoms. The van der Waals surface area contributed by atoms with Crippen molar-refractivity contribution in [2.45, 2.75) is 13.8 Å². The van der Waals surface area contributed by atoms with Gasteiger partial charge in [-0.3, -0.25) is 4.79 Å². The fourth-order valence-corrected chi connectivity index (χ4v) is 3.93. The number of hydrogen-bond donors (Lipinski definition) is 2. The van der Waals surface area contributed by atoms with Crippen LogP contribution in [0.2, 0.25) is 0 Å². The van der Waals surface area contributed by atoms with Crippen molar-refractivity contribution in [1.29, 1.82) is 0 Å². The number of benzene rings is 2. The Hall–Kier alpha value is -3.40. The number of carboxylic acid groups (broad SMARTS) is 1. The van der Waals surface area contributed by atoms with E-state index in [9.17, 15) is 32.3 Å². The smallest absolute Gasteiger partial charge is 0.346 e. The summed E-state index contributed by atoms with van der Waals surface area (Å²) in [6.45, 7) is 2.95. The SMILES string of the molecule is [2H]C([2H])([2H])Oc1cccc(-c2c(F)c(F)c(NC(=O)c3c(C(=O)O)sc(C)c3C)c(F)c2F)c1. The second-order valence-corrected chi connectivity index (χ2v) is 7.61. The van der Waals surface area contributed by atoms with Crippen molar-refractivity contribution in [3.05, 3.63) is 68.4 Å². The number of nitrogens with one attached hydrogen (secondary N) is 1. The van der Waals surface area contributed by atoms with Crippen LogP contribution in [0.4, 0.5) is 23.2 Å². The highest BCUT2D eigenvalue weighted by Gasteiger charge is 2.30. The van der Waals surface area contributed by atoms with Gasteiger partial charge in [0.2, 0.25) is 0 Å². The van der Waals surface area contributed by atoms with E-state index in [-0.39, 0.29) is 11.3 Å². The number of ether oxygens (including phenoxy) is 1. The summed E-state index contributed by atoms with van der Waals surface area (Å²) in [5, 5.41) is 11.0. The van der Waals surface area contributed by atoms with Gasteiger partial charge in [-0.2, -0.15) is 0 Å². The third-order valence-electron chi connectivity index (χ3n) is 4.55. The molecule has 3 rings (SSSR count). The first kappa shape index (κ1) is 18.4. The summed E-state index contributed by atoms with van der Waals surface area (Å²) in [7, 11) is -2.88. The molecule has 1 heterocycles. The highest BCUT2D eigenvalue weighted by molar-refractivity contribution is 7.14. The van der Waals surface area contributed by atoms with Crippen molar-refractivity contribution in [2.24, 2.45) is 0 Å². The summed E-state index contributed by atoms with van der Waals surface area (Å²) in [5.74, 6) is -10.7. The first-order valence-corrected chi connectivity index (χ1v) is 9.34. The van der Waals surface area contributed by atoms with E-state index in [0.29, 0.717) is 4.88 Å². The molecule has 2 aromatic carbocycles. The van der Waals surface area contributed by atoms with E-state index >= 15 is 0 Å².